The topological polar surface area (TPSA) is 24.5 Å². The number of hydrogen-bond acceptors (Lipinski definition) is 3. The van der Waals surface area contributed by atoms with E-state index < -0.39 is 0 Å². The van der Waals surface area contributed by atoms with Crippen molar-refractivity contribution >= 4 is 0 Å². The van der Waals surface area contributed by atoms with Crippen LogP contribution in [0.3, 0.4) is 0 Å². The zero-order valence-electron chi connectivity index (χ0n) is 12.9. The van der Waals surface area contributed by atoms with Crippen molar-refractivity contribution in [3.63, 3.8) is 0 Å². The Bertz CT molecular complexity index is 247. The third-order valence-electron chi connectivity index (χ3n) is 4.79. The molecule has 3 heteroatoms. The highest BCUT2D eigenvalue weighted by molar-refractivity contribution is 4.89. The first kappa shape index (κ1) is 15.3. The Morgan fingerprint density at radius 3 is 2.74 bits per heavy atom. The minimum atomic E-state index is 0.481. The summed E-state index contributed by atoms with van der Waals surface area (Å²) in [5.41, 5.74) is 0. The summed E-state index contributed by atoms with van der Waals surface area (Å²) in [5, 5.41) is 3.57. The van der Waals surface area contributed by atoms with Gasteiger partial charge in [0.15, 0.2) is 0 Å². The van der Waals surface area contributed by atoms with Gasteiger partial charge in [0.1, 0.15) is 0 Å². The number of likely N-dealkylation sites (N-methyl/N-ethyl adjacent to an activating group) is 1. The van der Waals surface area contributed by atoms with Crippen LogP contribution in [-0.2, 0) is 4.74 Å². The Balaban J connectivity index is 1.90. The van der Waals surface area contributed by atoms with Crippen molar-refractivity contribution in [1.82, 2.24) is 10.2 Å². The lowest BCUT2D eigenvalue weighted by molar-refractivity contribution is -0.0182. The molecule has 0 bridgehead atoms. The van der Waals surface area contributed by atoms with E-state index in [2.05, 4.69) is 24.2 Å². The van der Waals surface area contributed by atoms with Crippen LogP contribution in [0.5, 0.6) is 0 Å². The van der Waals surface area contributed by atoms with Gasteiger partial charge in [-0.25, -0.2) is 0 Å². The monoisotopic (exact) mass is 268 g/mol. The highest BCUT2D eigenvalue weighted by Crippen LogP contribution is 2.25. The second kappa shape index (κ2) is 8.23. The molecule has 1 N–H and O–H groups in total. The molecule has 1 saturated carbocycles. The Hall–Kier alpha value is -0.120. The maximum Gasteiger partial charge on any atom is 0.0702 e. The molecule has 2 aliphatic rings. The van der Waals surface area contributed by atoms with E-state index in [1.165, 1.54) is 51.5 Å². The standard InChI is InChI=1S/C16H32N2O/c1-3-12-19-14-8-7-11-18(13-14)16-10-6-4-5-9-15(16)17-2/h14-17H,3-13H2,1-2H3. The largest absolute Gasteiger partial charge is 0.377 e. The molecule has 0 aromatic carbocycles. The van der Waals surface area contributed by atoms with E-state index >= 15 is 0 Å². The van der Waals surface area contributed by atoms with E-state index in [9.17, 15) is 0 Å². The first-order valence-electron chi connectivity index (χ1n) is 8.38. The molecular weight excluding hydrogens is 236 g/mol. The van der Waals surface area contributed by atoms with Crippen LogP contribution in [-0.4, -0.2) is 49.8 Å². The summed E-state index contributed by atoms with van der Waals surface area (Å²) in [6, 6.07) is 1.42. The van der Waals surface area contributed by atoms with Crippen LogP contribution in [0.25, 0.3) is 0 Å². The molecule has 1 aliphatic carbocycles. The van der Waals surface area contributed by atoms with Gasteiger partial charge in [-0.15, -0.1) is 0 Å². The molecule has 1 heterocycles. The molecular formula is C16H32N2O. The van der Waals surface area contributed by atoms with Crippen molar-refractivity contribution in [1.29, 1.82) is 0 Å². The molecule has 0 amide bonds. The Morgan fingerprint density at radius 2 is 1.95 bits per heavy atom. The third kappa shape index (κ3) is 4.44. The van der Waals surface area contributed by atoms with Crippen LogP contribution in [0.4, 0.5) is 0 Å². The van der Waals surface area contributed by atoms with E-state index in [1.54, 1.807) is 0 Å². The fraction of sp³-hybridized carbons (Fsp3) is 1.00. The van der Waals surface area contributed by atoms with E-state index in [0.717, 1.165) is 25.6 Å². The Kier molecular flexibility index (Phi) is 6.62. The van der Waals surface area contributed by atoms with Gasteiger partial charge in [0, 0.05) is 25.2 Å². The molecule has 1 aliphatic heterocycles. The fourth-order valence-corrected chi connectivity index (χ4v) is 3.75. The van der Waals surface area contributed by atoms with Crippen LogP contribution in [0, 0.1) is 0 Å². The third-order valence-corrected chi connectivity index (χ3v) is 4.79. The van der Waals surface area contributed by atoms with Crippen molar-refractivity contribution in [3.05, 3.63) is 0 Å². The van der Waals surface area contributed by atoms with Crippen LogP contribution in [0.15, 0.2) is 0 Å². The lowest BCUT2D eigenvalue weighted by atomic mass is 9.97. The molecule has 2 fully saturated rings. The lowest BCUT2D eigenvalue weighted by Crippen LogP contribution is -2.53. The van der Waals surface area contributed by atoms with Gasteiger partial charge in [0.05, 0.1) is 6.10 Å². The molecule has 3 nitrogen and oxygen atoms in total. The van der Waals surface area contributed by atoms with Crippen molar-refractivity contribution in [2.75, 3.05) is 26.7 Å². The quantitative estimate of drug-likeness (QED) is 0.776. The number of rotatable bonds is 5. The molecule has 2 rings (SSSR count). The van der Waals surface area contributed by atoms with Gasteiger partial charge in [0.2, 0.25) is 0 Å². The first-order valence-corrected chi connectivity index (χ1v) is 8.38. The van der Waals surface area contributed by atoms with Gasteiger partial charge in [-0.2, -0.15) is 0 Å². The van der Waals surface area contributed by atoms with Gasteiger partial charge in [-0.3, -0.25) is 4.90 Å². The molecule has 1 saturated heterocycles. The molecule has 0 aromatic heterocycles. The van der Waals surface area contributed by atoms with E-state index in [0.29, 0.717) is 12.1 Å². The number of ether oxygens (including phenoxy) is 1. The minimum absolute atomic E-state index is 0.481. The number of nitrogens with one attached hydrogen (secondary N) is 1. The fourth-order valence-electron chi connectivity index (χ4n) is 3.75. The van der Waals surface area contributed by atoms with Gasteiger partial charge in [-0.05, 0) is 45.7 Å². The molecule has 112 valence electrons. The van der Waals surface area contributed by atoms with Crippen LogP contribution >= 0.6 is 0 Å². The van der Waals surface area contributed by atoms with E-state index in [4.69, 9.17) is 4.74 Å². The second-order valence-electron chi connectivity index (χ2n) is 6.23. The summed E-state index contributed by atoms with van der Waals surface area (Å²) < 4.78 is 5.99. The molecule has 19 heavy (non-hydrogen) atoms. The lowest BCUT2D eigenvalue weighted by Gasteiger charge is -2.41. The van der Waals surface area contributed by atoms with E-state index in [-0.39, 0.29) is 0 Å². The molecule has 0 radical (unpaired) electrons. The minimum Gasteiger partial charge on any atom is -0.377 e. The maximum atomic E-state index is 5.99. The molecule has 3 atom stereocenters. The van der Waals surface area contributed by atoms with Crippen LogP contribution in [0.1, 0.15) is 58.3 Å². The molecule has 3 unspecified atom stereocenters. The van der Waals surface area contributed by atoms with Crippen molar-refractivity contribution in [2.24, 2.45) is 0 Å². The normalized spacial score (nSPS) is 34.1. The number of hydrogen-bond donors (Lipinski definition) is 1. The van der Waals surface area contributed by atoms with E-state index in [1.807, 2.05) is 0 Å². The summed E-state index contributed by atoms with van der Waals surface area (Å²) in [7, 11) is 2.14. The SMILES string of the molecule is CCCOC1CCCN(C2CCCCCC2NC)C1. The average molecular weight is 268 g/mol. The van der Waals surface area contributed by atoms with Gasteiger partial charge < -0.3 is 10.1 Å². The number of likely N-dealkylation sites (tertiary alicyclic amines) is 1. The zero-order chi connectivity index (χ0) is 13.5. The van der Waals surface area contributed by atoms with Gasteiger partial charge >= 0.3 is 0 Å². The van der Waals surface area contributed by atoms with Crippen LogP contribution in [0.2, 0.25) is 0 Å². The number of nitrogens with zero attached hydrogens (tertiary/aromatic N) is 1. The average Bonchev–Trinajstić information content (AvgIpc) is 2.70. The van der Waals surface area contributed by atoms with Crippen molar-refractivity contribution < 1.29 is 4.74 Å². The summed E-state index contributed by atoms with van der Waals surface area (Å²) >= 11 is 0. The Labute approximate surface area is 119 Å². The zero-order valence-corrected chi connectivity index (χ0v) is 12.9. The smallest absolute Gasteiger partial charge is 0.0702 e. The Morgan fingerprint density at radius 1 is 1.11 bits per heavy atom. The van der Waals surface area contributed by atoms with Gasteiger partial charge in [-0.1, -0.05) is 26.2 Å². The van der Waals surface area contributed by atoms with Crippen molar-refractivity contribution in [2.45, 2.75) is 76.5 Å². The first-order chi connectivity index (χ1) is 9.35. The maximum absolute atomic E-state index is 5.99. The predicted octanol–water partition coefficient (Wildman–Crippen LogP) is 2.80. The predicted molar refractivity (Wildman–Crippen MR) is 80.6 cm³/mol. The molecule has 0 spiro atoms. The summed E-state index contributed by atoms with van der Waals surface area (Å²) in [4.78, 5) is 2.72. The second-order valence-corrected chi connectivity index (χ2v) is 6.23. The summed E-state index contributed by atoms with van der Waals surface area (Å²) in [5.74, 6) is 0. The number of piperidine rings is 1. The highest BCUT2D eigenvalue weighted by Gasteiger charge is 2.31. The summed E-state index contributed by atoms with van der Waals surface area (Å²) in [6.45, 7) is 5.55. The highest BCUT2D eigenvalue weighted by atomic mass is 16.5. The van der Waals surface area contributed by atoms with Crippen molar-refractivity contribution in [3.8, 4) is 0 Å². The molecule has 0 aromatic rings. The van der Waals surface area contributed by atoms with Crippen LogP contribution < -0.4 is 5.32 Å². The summed E-state index contributed by atoms with van der Waals surface area (Å²) in [6.07, 6.45) is 11.1. The van der Waals surface area contributed by atoms with Gasteiger partial charge in [0.25, 0.3) is 0 Å².